The van der Waals surface area contributed by atoms with Crippen molar-refractivity contribution in [3.8, 4) is 0 Å². The van der Waals surface area contributed by atoms with Crippen molar-refractivity contribution in [1.82, 2.24) is 0 Å². The van der Waals surface area contributed by atoms with Crippen molar-refractivity contribution in [2.45, 2.75) is 302 Å². The minimum atomic E-state index is -4.41. The lowest BCUT2D eigenvalue weighted by molar-refractivity contribution is -0.870. The van der Waals surface area contributed by atoms with Gasteiger partial charge in [0.2, 0.25) is 0 Å². The van der Waals surface area contributed by atoms with Gasteiger partial charge < -0.3 is 18.9 Å². The maximum absolute atomic E-state index is 12.9. The maximum Gasteiger partial charge on any atom is 0.472 e. The quantitative estimate of drug-likeness (QED) is 0.0211. The van der Waals surface area contributed by atoms with Crippen molar-refractivity contribution in [3.05, 3.63) is 170 Å². The molecular weight excluding hydrogens is 1180 g/mol. The predicted octanol–water partition coefficient (Wildman–Crippen LogP) is 25.3. The molecule has 0 aromatic heterocycles. The Bertz CT molecular complexity index is 2200. The number of carbonyl (C=O) groups is 2. The van der Waals surface area contributed by atoms with Crippen LogP contribution in [-0.4, -0.2) is 74.9 Å². The summed E-state index contributed by atoms with van der Waals surface area (Å²) in [5, 5.41) is 0. The summed E-state index contributed by atoms with van der Waals surface area (Å²) in [6, 6.07) is 0. The Hall–Kier alpha value is -4.63. The van der Waals surface area contributed by atoms with Crippen molar-refractivity contribution in [2.75, 3.05) is 47.5 Å². The Balaban J connectivity index is 4.06. The van der Waals surface area contributed by atoms with Crippen LogP contribution in [0.1, 0.15) is 296 Å². The molecule has 0 aliphatic rings. The van der Waals surface area contributed by atoms with Crippen LogP contribution in [0.5, 0.6) is 0 Å². The second-order valence-electron chi connectivity index (χ2n) is 25.9. The van der Waals surface area contributed by atoms with Crippen LogP contribution in [0.4, 0.5) is 0 Å². The van der Waals surface area contributed by atoms with E-state index in [1.807, 2.05) is 21.1 Å². The number of ether oxygens (including phenoxy) is 2. The molecule has 94 heavy (non-hydrogen) atoms. The molecule has 0 aliphatic heterocycles. The third-order valence-electron chi connectivity index (χ3n) is 15.7. The summed E-state index contributed by atoms with van der Waals surface area (Å²) < 4.78 is 34.8. The van der Waals surface area contributed by atoms with E-state index in [1.165, 1.54) is 135 Å². The van der Waals surface area contributed by atoms with Gasteiger partial charge in [-0.05, 0) is 128 Å². The second kappa shape index (κ2) is 72.6. The second-order valence-corrected chi connectivity index (χ2v) is 27.4. The van der Waals surface area contributed by atoms with E-state index in [4.69, 9.17) is 18.5 Å². The number of hydrogen-bond acceptors (Lipinski definition) is 7. The molecule has 0 heterocycles. The highest BCUT2D eigenvalue weighted by Crippen LogP contribution is 2.43. The minimum Gasteiger partial charge on any atom is -0.462 e. The molecule has 534 valence electrons. The molecular formula is C84H141NO8P+. The number of hydrogen-bond donors (Lipinski definition) is 1. The largest absolute Gasteiger partial charge is 0.472 e. The molecule has 0 aromatic carbocycles. The van der Waals surface area contributed by atoms with Crippen LogP contribution in [0.25, 0.3) is 0 Å². The van der Waals surface area contributed by atoms with Gasteiger partial charge in [0.1, 0.15) is 19.8 Å². The molecule has 0 aliphatic carbocycles. The maximum atomic E-state index is 12.9. The summed E-state index contributed by atoms with van der Waals surface area (Å²) in [5.41, 5.74) is 0. The van der Waals surface area contributed by atoms with Gasteiger partial charge in [-0.25, -0.2) is 4.57 Å². The van der Waals surface area contributed by atoms with Gasteiger partial charge >= 0.3 is 19.8 Å². The van der Waals surface area contributed by atoms with Crippen LogP contribution in [0.2, 0.25) is 0 Å². The van der Waals surface area contributed by atoms with E-state index >= 15 is 0 Å². The lowest BCUT2D eigenvalue weighted by Gasteiger charge is -2.24. The molecule has 10 heteroatoms. The van der Waals surface area contributed by atoms with Gasteiger partial charge in [-0.2, -0.15) is 0 Å². The number of rotatable bonds is 68. The van der Waals surface area contributed by atoms with Crippen LogP contribution < -0.4 is 0 Å². The van der Waals surface area contributed by atoms with Gasteiger partial charge in [0, 0.05) is 12.8 Å². The zero-order valence-electron chi connectivity index (χ0n) is 60.9. The van der Waals surface area contributed by atoms with Gasteiger partial charge in [0.05, 0.1) is 27.7 Å². The molecule has 0 radical (unpaired) electrons. The Kier molecular flexibility index (Phi) is 69.1. The average Bonchev–Trinajstić information content (AvgIpc) is 2.35. The van der Waals surface area contributed by atoms with Gasteiger partial charge in [-0.3, -0.25) is 18.6 Å². The number of quaternary nitrogens is 1. The lowest BCUT2D eigenvalue weighted by atomic mass is 10.0. The molecule has 0 fully saturated rings. The summed E-state index contributed by atoms with van der Waals surface area (Å²) >= 11 is 0. The minimum absolute atomic E-state index is 0.0246. The fourth-order valence-electron chi connectivity index (χ4n) is 10.0. The fourth-order valence-corrected chi connectivity index (χ4v) is 10.8. The van der Waals surface area contributed by atoms with Gasteiger partial charge in [-0.15, -0.1) is 0 Å². The number of likely N-dealkylation sites (N-methyl/N-ethyl adjacent to an activating group) is 1. The highest BCUT2D eigenvalue weighted by molar-refractivity contribution is 7.47. The summed E-state index contributed by atoms with van der Waals surface area (Å²) in [4.78, 5) is 36.0. The van der Waals surface area contributed by atoms with Crippen molar-refractivity contribution in [3.63, 3.8) is 0 Å². The summed E-state index contributed by atoms with van der Waals surface area (Å²) in [6.45, 7) is 4.21. The number of esters is 2. The molecule has 1 N–H and O–H groups in total. The lowest BCUT2D eigenvalue weighted by Crippen LogP contribution is -2.37. The van der Waals surface area contributed by atoms with Crippen LogP contribution in [0.15, 0.2) is 170 Å². The number of nitrogens with zero attached hydrogens (tertiary/aromatic N) is 1. The molecule has 9 nitrogen and oxygen atoms in total. The highest BCUT2D eigenvalue weighted by atomic mass is 31.2. The Labute approximate surface area is 578 Å². The molecule has 0 amide bonds. The SMILES string of the molecule is CC/C=C\C/C=C\C/C=C\C/C=C\C/C=C\C/C=C\C/C=C\CCCCCCCCCCCCCCCC(=O)OCC(COP(=O)(O)OCC[N+](C)(C)C)OC(=O)CCCCCCCCCCCCCCC/C=C\C/C=C\C/C=C\C/C=C\C/C=C\C/C=C\C/C=C\CC. The van der Waals surface area contributed by atoms with Gasteiger partial charge in [-0.1, -0.05) is 325 Å². The Morgan fingerprint density at radius 2 is 0.574 bits per heavy atom. The average molecular weight is 1320 g/mol. The van der Waals surface area contributed by atoms with Crippen LogP contribution >= 0.6 is 7.82 Å². The van der Waals surface area contributed by atoms with E-state index in [9.17, 15) is 19.0 Å². The van der Waals surface area contributed by atoms with Crippen molar-refractivity contribution < 1.29 is 42.1 Å². The zero-order chi connectivity index (χ0) is 68.3. The van der Waals surface area contributed by atoms with Crippen molar-refractivity contribution in [2.24, 2.45) is 0 Å². The predicted molar refractivity (Wildman–Crippen MR) is 408 cm³/mol. The van der Waals surface area contributed by atoms with Gasteiger partial charge in [0.15, 0.2) is 6.10 Å². The standard InChI is InChI=1S/C84H140NO8P/c1-6-8-10-12-14-16-18-20-22-24-26-28-30-32-34-36-38-40-42-44-46-48-50-52-54-56-58-60-62-64-66-68-70-72-74-76-83(86)90-80-82(81-92-94(88,89)91-79-78-85(3,4)5)93-84(87)77-75-73-71-69-67-65-63-61-59-57-55-53-51-49-47-45-43-41-39-37-35-33-31-29-27-25-23-21-19-17-15-13-11-9-7-2/h8-11,14-17,20-23,26-29,32-35,38-41,44-47,82H,6-7,12-13,18-19,24-25,30-31,36-37,42-43,48-81H2,1-5H3/p+1/b10-8-,11-9-,16-14-,17-15-,22-20-,23-21-,28-26-,29-27-,34-32-,35-33-,40-38-,41-39-,46-44-,47-45-. The number of carbonyl (C=O) groups excluding carboxylic acids is 2. The molecule has 0 saturated carbocycles. The van der Waals surface area contributed by atoms with Crippen molar-refractivity contribution >= 4 is 19.8 Å². The highest BCUT2D eigenvalue weighted by Gasteiger charge is 2.27. The summed E-state index contributed by atoms with van der Waals surface area (Å²) in [6.07, 6.45) is 110. The summed E-state index contributed by atoms with van der Waals surface area (Å²) in [7, 11) is 1.46. The van der Waals surface area contributed by atoms with E-state index in [2.05, 4.69) is 184 Å². The number of allylic oxidation sites excluding steroid dienone is 28. The first kappa shape index (κ1) is 89.4. The first-order valence-corrected chi connectivity index (χ1v) is 39.4. The van der Waals surface area contributed by atoms with E-state index in [0.717, 1.165) is 128 Å². The topological polar surface area (TPSA) is 108 Å². The first-order valence-electron chi connectivity index (χ1n) is 37.9. The molecule has 0 saturated heterocycles. The smallest absolute Gasteiger partial charge is 0.462 e. The number of phosphoric acid groups is 1. The van der Waals surface area contributed by atoms with E-state index in [0.29, 0.717) is 17.4 Å². The summed E-state index contributed by atoms with van der Waals surface area (Å²) in [5.74, 6) is -0.802. The van der Waals surface area contributed by atoms with Crippen LogP contribution in [-0.2, 0) is 32.7 Å². The fraction of sp³-hybridized carbons (Fsp3) is 0.643. The third kappa shape index (κ3) is 76.4. The normalized spacial score (nSPS) is 14.1. The molecule has 0 spiro atoms. The van der Waals surface area contributed by atoms with E-state index < -0.39 is 26.5 Å². The molecule has 2 atom stereocenters. The zero-order valence-corrected chi connectivity index (χ0v) is 61.8. The third-order valence-corrected chi connectivity index (χ3v) is 16.7. The monoisotopic (exact) mass is 1320 g/mol. The van der Waals surface area contributed by atoms with E-state index in [-0.39, 0.29) is 32.0 Å². The molecule has 0 bridgehead atoms. The van der Waals surface area contributed by atoms with E-state index in [1.54, 1.807) is 0 Å². The molecule has 0 aromatic rings. The molecule has 2 unspecified atom stereocenters. The Morgan fingerprint density at radius 1 is 0.330 bits per heavy atom. The van der Waals surface area contributed by atoms with Crippen LogP contribution in [0, 0.1) is 0 Å². The first-order chi connectivity index (χ1) is 46.0. The van der Waals surface area contributed by atoms with Crippen molar-refractivity contribution in [1.29, 1.82) is 0 Å². The number of unbranched alkanes of at least 4 members (excludes halogenated alkanes) is 26. The Morgan fingerprint density at radius 3 is 0.851 bits per heavy atom. The van der Waals surface area contributed by atoms with Crippen LogP contribution in [0.3, 0.4) is 0 Å². The van der Waals surface area contributed by atoms with Gasteiger partial charge in [0.25, 0.3) is 0 Å². The molecule has 0 rings (SSSR count). The number of phosphoric ester groups is 1.